The van der Waals surface area contributed by atoms with Crippen molar-refractivity contribution in [3.63, 3.8) is 0 Å². The van der Waals surface area contributed by atoms with Crippen LogP contribution in [-0.4, -0.2) is 5.97 Å². The Balaban J connectivity index is 0.00000192. The molecule has 3 heteroatoms. The first-order chi connectivity index (χ1) is 10.3. The summed E-state index contributed by atoms with van der Waals surface area (Å²) < 4.78 is 0. The summed E-state index contributed by atoms with van der Waals surface area (Å²) in [4.78, 5) is 11.8. The van der Waals surface area contributed by atoms with E-state index in [9.17, 15) is 9.90 Å². The molecule has 23 heavy (non-hydrogen) atoms. The van der Waals surface area contributed by atoms with Crippen LogP contribution in [0.4, 0.5) is 0 Å². The molecule has 3 atom stereocenters. The molecule has 0 radical (unpaired) electrons. The zero-order chi connectivity index (χ0) is 16.1. The first-order valence-electron chi connectivity index (χ1n) is 8.64. The molecule has 0 unspecified atom stereocenters. The number of aliphatic carboxylic acids is 1. The first kappa shape index (κ1) is 19.6. The third-order valence-corrected chi connectivity index (χ3v) is 6.51. The van der Waals surface area contributed by atoms with Crippen LogP contribution >= 0.6 is 0 Å². The van der Waals surface area contributed by atoms with Crippen molar-refractivity contribution in [2.24, 2.45) is 11.3 Å². The van der Waals surface area contributed by atoms with Crippen molar-refractivity contribution in [3.8, 4) is 0 Å². The van der Waals surface area contributed by atoms with Crippen LogP contribution in [0.3, 0.4) is 0 Å². The summed E-state index contributed by atoms with van der Waals surface area (Å²) in [6.07, 6.45) is 4.79. The molecule has 0 aromatic heterocycles. The van der Waals surface area contributed by atoms with Gasteiger partial charge in [-0.1, -0.05) is 52.3 Å². The number of aryl methyl sites for hydroxylation is 1. The van der Waals surface area contributed by atoms with Crippen molar-refractivity contribution in [3.05, 3.63) is 34.9 Å². The minimum Gasteiger partial charge on any atom is -0.550 e. The van der Waals surface area contributed by atoms with Gasteiger partial charge in [0.15, 0.2) is 0 Å². The molecule has 0 N–H and O–H groups in total. The van der Waals surface area contributed by atoms with Crippen molar-refractivity contribution < 1.29 is 61.3 Å². The van der Waals surface area contributed by atoms with E-state index in [1.807, 2.05) is 6.92 Å². The van der Waals surface area contributed by atoms with Crippen LogP contribution in [0.25, 0.3) is 0 Å². The molecule has 0 aliphatic heterocycles. The van der Waals surface area contributed by atoms with Crippen LogP contribution in [0.5, 0.6) is 0 Å². The summed E-state index contributed by atoms with van der Waals surface area (Å²) >= 11 is 0. The van der Waals surface area contributed by atoms with Crippen molar-refractivity contribution >= 4 is 5.97 Å². The second-order valence-corrected chi connectivity index (χ2v) is 8.14. The Labute approximate surface area is 182 Å². The number of carbonyl (C=O) groups excluding carboxylic acids is 1. The molecule has 2 nitrogen and oxygen atoms in total. The molecule has 2 aliphatic rings. The molecule has 1 fully saturated rings. The monoisotopic (exact) mass is 338 g/mol. The maximum absolute atomic E-state index is 11.8. The number of hydrogen-bond donors (Lipinski definition) is 0. The van der Waals surface area contributed by atoms with E-state index in [0.29, 0.717) is 5.92 Å². The van der Waals surface area contributed by atoms with E-state index >= 15 is 0 Å². The average Bonchev–Trinajstić information content (AvgIpc) is 2.46. The summed E-state index contributed by atoms with van der Waals surface area (Å²) in [5, 5.41) is 11.8. The molecule has 0 amide bonds. The van der Waals surface area contributed by atoms with Crippen molar-refractivity contribution in [2.45, 2.75) is 71.1 Å². The Hall–Kier alpha value is 0.326. The fourth-order valence-electron chi connectivity index (χ4n) is 5.11. The number of fused-ring (bicyclic) bond motifs is 3. The van der Waals surface area contributed by atoms with E-state index in [4.69, 9.17) is 0 Å². The van der Waals surface area contributed by atoms with Crippen LogP contribution in [0, 0.1) is 11.3 Å². The van der Waals surface area contributed by atoms with E-state index in [1.54, 1.807) is 0 Å². The molecule has 1 aromatic carbocycles. The van der Waals surface area contributed by atoms with Gasteiger partial charge in [-0.15, -0.1) is 0 Å². The second kappa shape index (κ2) is 6.91. The predicted molar refractivity (Wildman–Crippen MR) is 86.7 cm³/mol. The molecular weight excluding hydrogens is 311 g/mol. The average molecular weight is 339 g/mol. The summed E-state index contributed by atoms with van der Waals surface area (Å²) in [5.41, 5.74) is 3.52. The van der Waals surface area contributed by atoms with Crippen LogP contribution in [-0.2, 0) is 16.6 Å². The van der Waals surface area contributed by atoms with Gasteiger partial charge in [-0.05, 0) is 59.6 Å². The Bertz CT molecular complexity index is 610. The molecule has 0 saturated heterocycles. The molecule has 0 spiro atoms. The van der Waals surface area contributed by atoms with Crippen LogP contribution in [0.15, 0.2) is 18.2 Å². The zero-order valence-corrected chi connectivity index (χ0v) is 18.4. The van der Waals surface area contributed by atoms with Gasteiger partial charge in [0.1, 0.15) is 0 Å². The summed E-state index contributed by atoms with van der Waals surface area (Å²) in [6, 6.07) is 6.87. The van der Waals surface area contributed by atoms with Gasteiger partial charge in [-0.25, -0.2) is 0 Å². The fraction of sp³-hybridized carbons (Fsp3) is 0.650. The third kappa shape index (κ3) is 3.13. The van der Waals surface area contributed by atoms with Gasteiger partial charge in [-0.2, -0.15) is 0 Å². The van der Waals surface area contributed by atoms with Crippen LogP contribution < -0.4 is 56.5 Å². The van der Waals surface area contributed by atoms with Crippen LogP contribution in [0.2, 0.25) is 0 Å². The van der Waals surface area contributed by atoms with E-state index in [-0.39, 0.29) is 62.7 Å². The molecule has 1 aromatic rings. The normalized spacial score (nSPS) is 32.7. The standard InChI is InChI=1S/C20H28O2.K/c1-13(2)14-6-8-16-15(12-14)7-9-17-19(16,3)10-5-11-20(17,4)18(21)22;/h6,8,12-13,17H,5,7,9-11H2,1-4H3,(H,21,22);/q;+1/p-1/t17-,19-,20+;/m1./s1. The molecule has 2 aliphatic carbocycles. The van der Waals surface area contributed by atoms with Crippen molar-refractivity contribution in [1.29, 1.82) is 0 Å². The summed E-state index contributed by atoms with van der Waals surface area (Å²) in [5.74, 6) is -0.127. The van der Waals surface area contributed by atoms with Crippen molar-refractivity contribution in [1.82, 2.24) is 0 Å². The van der Waals surface area contributed by atoms with Gasteiger partial charge in [0.25, 0.3) is 0 Å². The predicted octanol–water partition coefficient (Wildman–Crippen LogP) is 0.574. The number of rotatable bonds is 2. The number of benzene rings is 1. The van der Waals surface area contributed by atoms with E-state index in [1.165, 1.54) is 16.7 Å². The quantitative estimate of drug-likeness (QED) is 0.740. The van der Waals surface area contributed by atoms with Gasteiger partial charge in [0.2, 0.25) is 0 Å². The number of carbonyl (C=O) groups is 1. The number of hydrogen-bond acceptors (Lipinski definition) is 2. The molecule has 1 saturated carbocycles. The fourth-order valence-corrected chi connectivity index (χ4v) is 5.11. The summed E-state index contributed by atoms with van der Waals surface area (Å²) in [7, 11) is 0. The maximum Gasteiger partial charge on any atom is 1.00 e. The molecular formula is C20H27KO2. The van der Waals surface area contributed by atoms with Gasteiger partial charge in [-0.3, -0.25) is 0 Å². The van der Waals surface area contributed by atoms with Gasteiger partial charge in [0.05, 0.1) is 0 Å². The van der Waals surface area contributed by atoms with E-state index < -0.39 is 11.4 Å². The Morgan fingerprint density at radius 2 is 1.96 bits per heavy atom. The number of carboxylic acid groups (broad SMARTS) is 1. The molecule has 0 bridgehead atoms. The van der Waals surface area contributed by atoms with Gasteiger partial charge in [0, 0.05) is 11.4 Å². The largest absolute Gasteiger partial charge is 1.00 e. The minimum atomic E-state index is -0.856. The van der Waals surface area contributed by atoms with E-state index in [2.05, 4.69) is 39.0 Å². The molecule has 120 valence electrons. The van der Waals surface area contributed by atoms with Gasteiger partial charge < -0.3 is 9.90 Å². The Morgan fingerprint density at radius 3 is 2.57 bits per heavy atom. The second-order valence-electron chi connectivity index (χ2n) is 8.14. The first-order valence-corrected chi connectivity index (χ1v) is 8.64. The van der Waals surface area contributed by atoms with Gasteiger partial charge >= 0.3 is 51.4 Å². The Morgan fingerprint density at radius 1 is 1.26 bits per heavy atom. The number of carboxylic acids is 1. The van der Waals surface area contributed by atoms with Crippen LogP contribution in [0.1, 0.15) is 76.0 Å². The topological polar surface area (TPSA) is 40.1 Å². The zero-order valence-electron chi connectivity index (χ0n) is 15.2. The summed E-state index contributed by atoms with van der Waals surface area (Å²) in [6.45, 7) is 8.65. The molecule has 3 rings (SSSR count). The van der Waals surface area contributed by atoms with E-state index in [0.717, 1.165) is 32.1 Å². The Kier molecular flexibility index (Phi) is 5.91. The SMILES string of the molecule is CC(C)c1ccc2c(c1)CC[C@H]1[C@@](C)(C(=O)[O-])CCC[C@]21C.[K+]. The van der Waals surface area contributed by atoms with Crippen molar-refractivity contribution in [2.75, 3.05) is 0 Å². The minimum absolute atomic E-state index is 0. The molecule has 0 heterocycles. The smallest absolute Gasteiger partial charge is 0.550 e. The third-order valence-electron chi connectivity index (χ3n) is 6.51. The maximum atomic E-state index is 11.8.